The van der Waals surface area contributed by atoms with Crippen molar-refractivity contribution in [3.05, 3.63) is 0 Å². The first-order chi connectivity index (χ1) is 13.3. The van der Waals surface area contributed by atoms with Crippen molar-refractivity contribution < 1.29 is 17.9 Å². The average molecular weight is 548 g/mol. The number of hydrogen-bond donors (Lipinski definition) is 2. The highest BCUT2D eigenvalue weighted by Crippen LogP contribution is 2.09. The van der Waals surface area contributed by atoms with Gasteiger partial charge >= 0.3 is 0 Å². The first-order valence-corrected chi connectivity index (χ1v) is 11.8. The quantitative estimate of drug-likeness (QED) is 0.226. The second kappa shape index (κ2) is 15.2. The molecular formula is C18H38IN5O4S. The fraction of sp³-hybridized carbons (Fsp3) is 0.889. The van der Waals surface area contributed by atoms with Crippen molar-refractivity contribution in [1.29, 1.82) is 0 Å². The molecule has 0 bridgehead atoms. The Labute approximate surface area is 193 Å². The van der Waals surface area contributed by atoms with E-state index in [1.807, 2.05) is 32.6 Å². The number of aliphatic imine (C=N–C) groups is 1. The first-order valence-electron chi connectivity index (χ1n) is 10.2. The molecule has 29 heavy (non-hydrogen) atoms. The van der Waals surface area contributed by atoms with Gasteiger partial charge in [0.1, 0.15) is 0 Å². The Morgan fingerprint density at radius 3 is 2.34 bits per heavy atom. The lowest BCUT2D eigenvalue weighted by Gasteiger charge is -2.35. The molecule has 9 nitrogen and oxygen atoms in total. The van der Waals surface area contributed by atoms with E-state index in [1.54, 1.807) is 0 Å². The molecule has 1 rings (SSSR count). The number of rotatable bonds is 11. The van der Waals surface area contributed by atoms with Gasteiger partial charge < -0.3 is 20.3 Å². The van der Waals surface area contributed by atoms with Crippen LogP contribution in [0.2, 0.25) is 0 Å². The average Bonchev–Trinajstić information content (AvgIpc) is 2.65. The summed E-state index contributed by atoms with van der Waals surface area (Å²) in [5, 5.41) is 6.06. The molecule has 0 aromatic heterocycles. The zero-order valence-corrected chi connectivity index (χ0v) is 21.3. The predicted molar refractivity (Wildman–Crippen MR) is 127 cm³/mol. The smallest absolute Gasteiger partial charge is 0.221 e. The van der Waals surface area contributed by atoms with E-state index < -0.39 is 10.0 Å². The van der Waals surface area contributed by atoms with Crippen LogP contribution in [0.4, 0.5) is 0 Å². The van der Waals surface area contributed by atoms with Gasteiger partial charge in [-0.25, -0.2) is 8.42 Å². The van der Waals surface area contributed by atoms with Gasteiger partial charge in [0.05, 0.1) is 25.0 Å². The summed E-state index contributed by atoms with van der Waals surface area (Å²) in [6.07, 6.45) is 1.28. The lowest BCUT2D eigenvalue weighted by molar-refractivity contribution is -0.120. The van der Waals surface area contributed by atoms with Crippen LogP contribution >= 0.6 is 24.0 Å². The largest absolute Gasteiger partial charge is 0.378 e. The summed E-state index contributed by atoms with van der Waals surface area (Å²) in [6.45, 7) is 11.8. The number of sulfonamides is 1. The van der Waals surface area contributed by atoms with Crippen LogP contribution < -0.4 is 10.6 Å². The Morgan fingerprint density at radius 1 is 1.14 bits per heavy atom. The topological polar surface area (TPSA) is 103 Å². The maximum absolute atomic E-state index is 12.4. The molecule has 2 N–H and O–H groups in total. The van der Waals surface area contributed by atoms with Crippen LogP contribution in [-0.4, -0.2) is 93.8 Å². The van der Waals surface area contributed by atoms with Crippen molar-refractivity contribution >= 4 is 45.9 Å². The molecule has 0 unspecified atom stereocenters. The molecule has 0 radical (unpaired) electrons. The van der Waals surface area contributed by atoms with Crippen LogP contribution in [0.25, 0.3) is 0 Å². The van der Waals surface area contributed by atoms with E-state index in [-0.39, 0.29) is 48.3 Å². The Balaban J connectivity index is 0.00000784. The van der Waals surface area contributed by atoms with Crippen LogP contribution in [0, 0.1) is 0 Å². The van der Waals surface area contributed by atoms with Crippen molar-refractivity contribution in [3.8, 4) is 0 Å². The lowest BCUT2D eigenvalue weighted by Crippen LogP contribution is -2.54. The third kappa shape index (κ3) is 11.3. The number of nitrogens with zero attached hydrogens (tertiary/aromatic N) is 3. The number of amides is 1. The van der Waals surface area contributed by atoms with Gasteiger partial charge in [0.2, 0.25) is 15.9 Å². The van der Waals surface area contributed by atoms with Crippen LogP contribution in [-0.2, 0) is 19.6 Å². The van der Waals surface area contributed by atoms with Crippen LogP contribution in [0.15, 0.2) is 4.99 Å². The molecule has 0 spiro atoms. The summed E-state index contributed by atoms with van der Waals surface area (Å²) in [6, 6.07) is 0. The Kier molecular flexibility index (Phi) is 14.8. The highest BCUT2D eigenvalue weighted by molar-refractivity contribution is 14.0. The molecule has 1 aliphatic heterocycles. The number of piperazine rings is 1. The van der Waals surface area contributed by atoms with E-state index in [1.165, 1.54) is 4.31 Å². The third-order valence-corrected chi connectivity index (χ3v) is 6.07. The predicted octanol–water partition coefficient (Wildman–Crippen LogP) is 0.859. The standard InChI is InChI=1S/C18H37N5O4S.HI/c1-5-8-20-17(24)7-9-21-18(19-6-2)22-10-12-23(13-11-22)28(25,26)15-14-27-16(3)4;/h16H,5-15H2,1-4H3,(H,19,21)(H,20,24);1H. The normalized spacial score (nSPS) is 15.9. The summed E-state index contributed by atoms with van der Waals surface area (Å²) in [5.41, 5.74) is 0. The molecular weight excluding hydrogens is 509 g/mol. The van der Waals surface area contributed by atoms with E-state index in [4.69, 9.17) is 4.74 Å². The van der Waals surface area contributed by atoms with Crippen molar-refractivity contribution in [2.45, 2.75) is 46.6 Å². The van der Waals surface area contributed by atoms with Crippen LogP contribution in [0.3, 0.4) is 0 Å². The minimum Gasteiger partial charge on any atom is -0.378 e. The minimum absolute atomic E-state index is 0. The van der Waals surface area contributed by atoms with Crippen molar-refractivity contribution in [2.24, 2.45) is 4.99 Å². The second-order valence-electron chi connectivity index (χ2n) is 6.96. The zero-order valence-electron chi connectivity index (χ0n) is 18.1. The summed E-state index contributed by atoms with van der Waals surface area (Å²) in [4.78, 5) is 18.3. The fourth-order valence-electron chi connectivity index (χ4n) is 2.74. The van der Waals surface area contributed by atoms with Crippen molar-refractivity contribution in [2.75, 3.05) is 58.2 Å². The summed E-state index contributed by atoms with van der Waals surface area (Å²) in [5.74, 6) is 0.735. The molecule has 1 amide bonds. The van der Waals surface area contributed by atoms with E-state index in [0.717, 1.165) is 12.4 Å². The lowest BCUT2D eigenvalue weighted by atomic mass is 10.3. The molecule has 11 heteroatoms. The summed E-state index contributed by atoms with van der Waals surface area (Å²) in [7, 11) is -3.31. The molecule has 172 valence electrons. The van der Waals surface area contributed by atoms with Crippen LogP contribution in [0.5, 0.6) is 0 Å². The highest BCUT2D eigenvalue weighted by Gasteiger charge is 2.28. The number of ether oxygens (including phenoxy) is 1. The van der Waals surface area contributed by atoms with Gasteiger partial charge in [-0.2, -0.15) is 4.31 Å². The summed E-state index contributed by atoms with van der Waals surface area (Å²) < 4.78 is 31.8. The van der Waals surface area contributed by atoms with Gasteiger partial charge in [0.25, 0.3) is 0 Å². The fourth-order valence-corrected chi connectivity index (χ4v) is 4.02. The molecule has 0 saturated carbocycles. The number of halogens is 1. The zero-order chi connectivity index (χ0) is 21.0. The van der Waals surface area contributed by atoms with Gasteiger partial charge in [-0.05, 0) is 27.2 Å². The molecule has 0 atom stereocenters. The third-order valence-electron chi connectivity index (χ3n) is 4.23. The molecule has 0 aliphatic carbocycles. The second-order valence-corrected chi connectivity index (χ2v) is 9.05. The molecule has 1 fully saturated rings. The van der Waals surface area contributed by atoms with Gasteiger partial charge in [-0.15, -0.1) is 24.0 Å². The number of nitrogens with one attached hydrogen (secondary N) is 2. The molecule has 1 saturated heterocycles. The molecule has 1 aliphatic rings. The van der Waals surface area contributed by atoms with E-state index in [2.05, 4.69) is 15.6 Å². The number of guanidine groups is 1. The van der Waals surface area contributed by atoms with Gasteiger partial charge in [-0.1, -0.05) is 6.92 Å². The SMILES string of the molecule is CCCNC(=O)CCN=C(NCC)N1CCN(S(=O)(=O)CCOC(C)C)CC1.I. The number of carbonyl (C=O) groups excluding carboxylic acids is 1. The molecule has 0 aromatic carbocycles. The monoisotopic (exact) mass is 547 g/mol. The van der Waals surface area contributed by atoms with Crippen molar-refractivity contribution in [1.82, 2.24) is 19.8 Å². The molecule has 0 aromatic rings. The summed E-state index contributed by atoms with van der Waals surface area (Å²) >= 11 is 0. The van der Waals surface area contributed by atoms with Gasteiger partial charge in [0, 0.05) is 45.7 Å². The van der Waals surface area contributed by atoms with E-state index in [0.29, 0.717) is 52.2 Å². The maximum Gasteiger partial charge on any atom is 0.221 e. The van der Waals surface area contributed by atoms with Crippen LogP contribution in [0.1, 0.15) is 40.5 Å². The number of carbonyl (C=O) groups is 1. The van der Waals surface area contributed by atoms with Gasteiger partial charge in [0.15, 0.2) is 5.96 Å². The Hall–Kier alpha value is -0.660. The minimum atomic E-state index is -3.31. The maximum atomic E-state index is 12.4. The van der Waals surface area contributed by atoms with Gasteiger partial charge in [-0.3, -0.25) is 9.79 Å². The van der Waals surface area contributed by atoms with E-state index >= 15 is 0 Å². The number of hydrogen-bond acceptors (Lipinski definition) is 5. The van der Waals surface area contributed by atoms with E-state index in [9.17, 15) is 13.2 Å². The first kappa shape index (κ1) is 28.3. The van der Waals surface area contributed by atoms with Crippen molar-refractivity contribution in [3.63, 3.8) is 0 Å². The Morgan fingerprint density at radius 2 is 1.79 bits per heavy atom. The molecule has 1 heterocycles. The Bertz CT molecular complexity index is 593. The highest BCUT2D eigenvalue weighted by atomic mass is 127.